The largest absolute Gasteiger partial charge is 0.368 e. The van der Waals surface area contributed by atoms with E-state index < -0.39 is 0 Å². The summed E-state index contributed by atoms with van der Waals surface area (Å²) in [7, 11) is 0. The van der Waals surface area contributed by atoms with Crippen LogP contribution in [-0.4, -0.2) is 60.5 Å². The Hall–Kier alpha value is -1.59. The molecule has 0 N–H and O–H groups in total. The molecule has 24 heavy (non-hydrogen) atoms. The van der Waals surface area contributed by atoms with E-state index in [2.05, 4.69) is 0 Å². The molecule has 1 aromatic rings. The summed E-state index contributed by atoms with van der Waals surface area (Å²) in [6.45, 7) is 3.19. The van der Waals surface area contributed by atoms with Crippen LogP contribution < -0.4 is 0 Å². The van der Waals surface area contributed by atoms with Crippen molar-refractivity contribution in [3.8, 4) is 0 Å². The summed E-state index contributed by atoms with van der Waals surface area (Å²) in [5, 5.41) is 0.621. The normalized spacial score (nSPS) is 21.6. The molecule has 2 fully saturated rings. The van der Waals surface area contributed by atoms with Gasteiger partial charge < -0.3 is 14.5 Å². The zero-order valence-electron chi connectivity index (χ0n) is 13.7. The SMILES string of the molecule is O=C(Cc1ccccc1Cl)N1CCCN(C(=O)C2CCCO2)CC1. The molecule has 2 saturated heterocycles. The Morgan fingerprint density at radius 3 is 2.58 bits per heavy atom. The van der Waals surface area contributed by atoms with Crippen LogP contribution in [0.1, 0.15) is 24.8 Å². The number of hydrogen-bond acceptors (Lipinski definition) is 3. The zero-order valence-corrected chi connectivity index (χ0v) is 14.5. The summed E-state index contributed by atoms with van der Waals surface area (Å²) in [6.07, 6.45) is 2.58. The zero-order chi connectivity index (χ0) is 16.9. The third-order valence-electron chi connectivity index (χ3n) is 4.66. The van der Waals surface area contributed by atoms with E-state index in [0.29, 0.717) is 44.2 Å². The van der Waals surface area contributed by atoms with Gasteiger partial charge in [-0.1, -0.05) is 29.8 Å². The molecular weight excluding hydrogens is 328 g/mol. The summed E-state index contributed by atoms with van der Waals surface area (Å²) in [4.78, 5) is 28.7. The Morgan fingerprint density at radius 2 is 1.83 bits per heavy atom. The Labute approximate surface area is 147 Å². The Bertz CT molecular complexity index is 602. The predicted octanol–water partition coefficient (Wildman–Crippen LogP) is 2.12. The standard InChI is InChI=1S/C18H23ClN2O3/c19-15-6-2-1-5-14(15)13-17(22)20-8-4-9-21(11-10-20)18(23)16-7-3-12-24-16/h1-2,5-6,16H,3-4,7-13H2. The molecule has 3 rings (SSSR count). The van der Waals surface area contributed by atoms with E-state index in [4.69, 9.17) is 16.3 Å². The molecule has 1 unspecified atom stereocenters. The molecule has 0 saturated carbocycles. The number of amides is 2. The minimum atomic E-state index is -0.282. The summed E-state index contributed by atoms with van der Waals surface area (Å²) >= 11 is 6.14. The lowest BCUT2D eigenvalue weighted by atomic mass is 10.1. The van der Waals surface area contributed by atoms with Gasteiger partial charge in [-0.05, 0) is 30.9 Å². The Kier molecular flexibility index (Phi) is 5.74. The molecule has 0 aliphatic carbocycles. The molecule has 2 aliphatic heterocycles. The van der Waals surface area contributed by atoms with Crippen molar-refractivity contribution in [2.75, 3.05) is 32.8 Å². The van der Waals surface area contributed by atoms with Crippen LogP contribution >= 0.6 is 11.6 Å². The molecule has 130 valence electrons. The van der Waals surface area contributed by atoms with E-state index in [1.54, 1.807) is 6.07 Å². The molecular formula is C18H23ClN2O3. The van der Waals surface area contributed by atoms with Crippen molar-refractivity contribution < 1.29 is 14.3 Å². The highest BCUT2D eigenvalue weighted by atomic mass is 35.5. The fraction of sp³-hybridized carbons (Fsp3) is 0.556. The second kappa shape index (κ2) is 7.99. The third-order valence-corrected chi connectivity index (χ3v) is 5.03. The Balaban J connectivity index is 1.56. The number of ether oxygens (including phenoxy) is 1. The topological polar surface area (TPSA) is 49.9 Å². The first-order valence-corrected chi connectivity index (χ1v) is 8.94. The highest BCUT2D eigenvalue weighted by molar-refractivity contribution is 6.31. The van der Waals surface area contributed by atoms with Gasteiger partial charge >= 0.3 is 0 Å². The fourth-order valence-corrected chi connectivity index (χ4v) is 3.48. The van der Waals surface area contributed by atoms with Crippen molar-refractivity contribution in [3.63, 3.8) is 0 Å². The maximum absolute atomic E-state index is 12.5. The summed E-state index contributed by atoms with van der Waals surface area (Å²) in [5.74, 6) is 0.141. The van der Waals surface area contributed by atoms with Gasteiger partial charge in [-0.3, -0.25) is 9.59 Å². The van der Waals surface area contributed by atoms with Crippen LogP contribution in [-0.2, 0) is 20.7 Å². The van der Waals surface area contributed by atoms with Crippen LogP contribution in [0.4, 0.5) is 0 Å². The molecule has 6 heteroatoms. The van der Waals surface area contributed by atoms with Crippen molar-refractivity contribution in [3.05, 3.63) is 34.9 Å². The van der Waals surface area contributed by atoms with Gasteiger partial charge in [-0.15, -0.1) is 0 Å². The molecule has 0 radical (unpaired) electrons. The molecule has 5 nitrogen and oxygen atoms in total. The Morgan fingerprint density at radius 1 is 1.08 bits per heavy atom. The van der Waals surface area contributed by atoms with E-state index >= 15 is 0 Å². The van der Waals surface area contributed by atoms with Crippen LogP contribution in [0.2, 0.25) is 5.02 Å². The fourth-order valence-electron chi connectivity index (χ4n) is 3.28. The lowest BCUT2D eigenvalue weighted by Gasteiger charge is -2.24. The summed E-state index contributed by atoms with van der Waals surface area (Å²) < 4.78 is 5.49. The van der Waals surface area contributed by atoms with Crippen LogP contribution in [0.25, 0.3) is 0 Å². The number of hydrogen-bond donors (Lipinski definition) is 0. The van der Waals surface area contributed by atoms with Crippen molar-refractivity contribution in [1.82, 2.24) is 9.80 Å². The molecule has 1 aromatic carbocycles. The monoisotopic (exact) mass is 350 g/mol. The number of benzene rings is 1. The number of rotatable bonds is 3. The maximum atomic E-state index is 12.5. The average Bonchev–Trinajstić information content (AvgIpc) is 3.00. The van der Waals surface area contributed by atoms with Crippen LogP contribution in [0.5, 0.6) is 0 Å². The van der Waals surface area contributed by atoms with Crippen LogP contribution in [0.15, 0.2) is 24.3 Å². The van der Waals surface area contributed by atoms with Gasteiger partial charge in [-0.25, -0.2) is 0 Å². The second-order valence-corrected chi connectivity index (χ2v) is 6.74. The number of nitrogens with zero attached hydrogens (tertiary/aromatic N) is 2. The molecule has 2 amide bonds. The molecule has 0 bridgehead atoms. The summed E-state index contributed by atoms with van der Waals surface area (Å²) in [5.41, 5.74) is 0.848. The van der Waals surface area contributed by atoms with Crippen LogP contribution in [0.3, 0.4) is 0 Å². The first-order chi connectivity index (χ1) is 11.6. The number of carbonyl (C=O) groups excluding carboxylic acids is 2. The predicted molar refractivity (Wildman–Crippen MR) is 91.9 cm³/mol. The highest BCUT2D eigenvalue weighted by Gasteiger charge is 2.30. The van der Waals surface area contributed by atoms with E-state index in [-0.39, 0.29) is 17.9 Å². The summed E-state index contributed by atoms with van der Waals surface area (Å²) in [6, 6.07) is 7.43. The number of carbonyl (C=O) groups is 2. The number of halogens is 1. The lowest BCUT2D eigenvalue weighted by molar-refractivity contribution is -0.141. The van der Waals surface area contributed by atoms with E-state index in [1.807, 2.05) is 28.0 Å². The molecule has 2 aliphatic rings. The second-order valence-electron chi connectivity index (χ2n) is 6.33. The molecule has 1 atom stereocenters. The van der Waals surface area contributed by atoms with Gasteiger partial charge in [0.2, 0.25) is 5.91 Å². The van der Waals surface area contributed by atoms with E-state index in [1.165, 1.54) is 0 Å². The van der Waals surface area contributed by atoms with Crippen molar-refractivity contribution in [2.24, 2.45) is 0 Å². The van der Waals surface area contributed by atoms with Gasteiger partial charge in [-0.2, -0.15) is 0 Å². The van der Waals surface area contributed by atoms with Crippen molar-refractivity contribution in [1.29, 1.82) is 0 Å². The van der Waals surface area contributed by atoms with Gasteiger partial charge in [0, 0.05) is 37.8 Å². The molecule has 0 aromatic heterocycles. The first kappa shape index (κ1) is 17.2. The minimum absolute atomic E-state index is 0.0644. The minimum Gasteiger partial charge on any atom is -0.368 e. The van der Waals surface area contributed by atoms with E-state index in [9.17, 15) is 9.59 Å². The first-order valence-electron chi connectivity index (χ1n) is 8.57. The molecule has 2 heterocycles. The average molecular weight is 351 g/mol. The lowest BCUT2D eigenvalue weighted by Crippen LogP contribution is -2.42. The third kappa shape index (κ3) is 4.08. The quantitative estimate of drug-likeness (QED) is 0.839. The molecule has 0 spiro atoms. The van der Waals surface area contributed by atoms with Crippen molar-refractivity contribution in [2.45, 2.75) is 31.8 Å². The van der Waals surface area contributed by atoms with Crippen molar-refractivity contribution >= 4 is 23.4 Å². The van der Waals surface area contributed by atoms with Gasteiger partial charge in [0.05, 0.1) is 6.42 Å². The highest BCUT2D eigenvalue weighted by Crippen LogP contribution is 2.18. The van der Waals surface area contributed by atoms with Gasteiger partial charge in [0.1, 0.15) is 6.10 Å². The van der Waals surface area contributed by atoms with Gasteiger partial charge in [0.25, 0.3) is 5.91 Å². The van der Waals surface area contributed by atoms with Gasteiger partial charge in [0.15, 0.2) is 0 Å². The van der Waals surface area contributed by atoms with Crippen LogP contribution in [0, 0.1) is 0 Å². The maximum Gasteiger partial charge on any atom is 0.251 e. The smallest absolute Gasteiger partial charge is 0.251 e. The van der Waals surface area contributed by atoms with E-state index in [0.717, 1.165) is 24.8 Å².